The van der Waals surface area contributed by atoms with Crippen LogP contribution >= 0.6 is 0 Å². The summed E-state index contributed by atoms with van der Waals surface area (Å²) in [4.78, 5) is 20.6. The number of carbonyl (C=O) groups excluding carboxylic acids is 1. The van der Waals surface area contributed by atoms with Gasteiger partial charge in [0.1, 0.15) is 0 Å². The molecule has 0 bridgehead atoms. The van der Waals surface area contributed by atoms with Gasteiger partial charge in [0.05, 0.1) is 5.69 Å². The average molecular weight is 387 g/mol. The minimum absolute atomic E-state index is 0.116. The van der Waals surface area contributed by atoms with Gasteiger partial charge in [-0.05, 0) is 44.9 Å². The first-order valence-electron chi connectivity index (χ1n) is 8.59. The smallest absolute Gasteiger partial charge is 0.294 e. The molecule has 142 valence electrons. The summed E-state index contributed by atoms with van der Waals surface area (Å²) < 4.78 is 29.6. The van der Waals surface area contributed by atoms with Crippen molar-refractivity contribution in [1.29, 1.82) is 0 Å². The second-order valence-corrected chi connectivity index (χ2v) is 8.00. The summed E-state index contributed by atoms with van der Waals surface area (Å²) in [7, 11) is -4.08. The quantitative estimate of drug-likeness (QED) is 0.652. The Morgan fingerprint density at radius 2 is 1.93 bits per heavy atom. The lowest BCUT2D eigenvalue weighted by Crippen LogP contribution is -2.18. The molecular formula is C18H21N5O3S. The first-order valence-corrected chi connectivity index (χ1v) is 10.1. The second kappa shape index (κ2) is 7.07. The van der Waals surface area contributed by atoms with Crippen LogP contribution in [0, 0.1) is 20.8 Å². The van der Waals surface area contributed by atoms with Crippen LogP contribution in [-0.2, 0) is 10.0 Å². The number of aromatic nitrogens is 4. The van der Waals surface area contributed by atoms with Crippen molar-refractivity contribution in [2.24, 2.45) is 0 Å². The molecule has 1 N–H and O–H groups in total. The summed E-state index contributed by atoms with van der Waals surface area (Å²) in [6.45, 7) is 7.23. The number of anilines is 1. The minimum Gasteiger partial charge on any atom is -0.294 e. The fourth-order valence-electron chi connectivity index (χ4n) is 2.84. The number of nitrogens with one attached hydrogen (secondary N) is 1. The van der Waals surface area contributed by atoms with Crippen molar-refractivity contribution in [3.8, 4) is 0 Å². The van der Waals surface area contributed by atoms with Crippen LogP contribution < -0.4 is 4.72 Å². The van der Waals surface area contributed by atoms with E-state index in [1.54, 1.807) is 45.0 Å². The molecular weight excluding hydrogens is 366 g/mol. The zero-order chi connectivity index (χ0) is 19.8. The van der Waals surface area contributed by atoms with Gasteiger partial charge in [-0.25, -0.2) is 9.50 Å². The number of Topliss-reactive ketones (excluding diaryl/α,β-unsaturated/α-hetero) is 1. The summed E-state index contributed by atoms with van der Waals surface area (Å²) >= 11 is 0. The summed E-state index contributed by atoms with van der Waals surface area (Å²) in [6.07, 6.45) is 1.02. The second-order valence-electron chi connectivity index (χ2n) is 6.42. The summed E-state index contributed by atoms with van der Waals surface area (Å²) in [5, 5.41) is 3.68. The van der Waals surface area contributed by atoms with E-state index in [4.69, 9.17) is 0 Å². The van der Waals surface area contributed by atoms with Crippen LogP contribution in [0.3, 0.4) is 0 Å². The van der Waals surface area contributed by atoms with E-state index in [0.29, 0.717) is 24.0 Å². The molecule has 0 atom stereocenters. The van der Waals surface area contributed by atoms with E-state index in [9.17, 15) is 13.2 Å². The average Bonchev–Trinajstić information content (AvgIpc) is 3.02. The van der Waals surface area contributed by atoms with Gasteiger partial charge < -0.3 is 0 Å². The number of fused-ring (bicyclic) bond motifs is 1. The molecule has 1 aromatic carbocycles. The van der Waals surface area contributed by atoms with Crippen LogP contribution in [0.1, 0.15) is 47.1 Å². The number of rotatable bonds is 6. The molecule has 9 heteroatoms. The Morgan fingerprint density at radius 1 is 1.19 bits per heavy atom. The highest BCUT2D eigenvalue weighted by Crippen LogP contribution is 2.25. The van der Waals surface area contributed by atoms with E-state index >= 15 is 0 Å². The molecule has 8 nitrogen and oxygen atoms in total. The van der Waals surface area contributed by atoms with Crippen molar-refractivity contribution < 1.29 is 13.2 Å². The normalized spacial score (nSPS) is 11.7. The van der Waals surface area contributed by atoms with Gasteiger partial charge in [0.2, 0.25) is 0 Å². The highest BCUT2D eigenvalue weighted by atomic mass is 32.2. The zero-order valence-electron chi connectivity index (χ0n) is 15.6. The first kappa shape index (κ1) is 19.0. The third-order valence-electron chi connectivity index (χ3n) is 4.13. The molecule has 0 aliphatic carbocycles. The fraction of sp³-hybridized carbons (Fsp3) is 0.333. The fourth-order valence-corrected chi connectivity index (χ4v) is 3.86. The number of aryl methyl sites for hydroxylation is 3. The lowest BCUT2D eigenvalue weighted by atomic mass is 10.0. The molecule has 0 aliphatic heterocycles. The third kappa shape index (κ3) is 3.68. The number of sulfonamides is 1. The van der Waals surface area contributed by atoms with E-state index in [2.05, 4.69) is 19.8 Å². The number of para-hydroxylation sites is 1. The third-order valence-corrected chi connectivity index (χ3v) is 5.25. The molecule has 3 aromatic rings. The predicted octanol–water partition coefficient (Wildman–Crippen LogP) is 2.83. The van der Waals surface area contributed by atoms with Gasteiger partial charge in [0, 0.05) is 23.4 Å². The summed E-state index contributed by atoms with van der Waals surface area (Å²) in [5.41, 5.74) is 2.69. The lowest BCUT2D eigenvalue weighted by Gasteiger charge is -2.13. The van der Waals surface area contributed by atoms with Gasteiger partial charge in [0.15, 0.2) is 5.78 Å². The van der Waals surface area contributed by atoms with E-state index in [0.717, 1.165) is 11.4 Å². The Morgan fingerprint density at radius 3 is 2.63 bits per heavy atom. The number of ketones is 1. The largest absolute Gasteiger partial charge is 0.299 e. The van der Waals surface area contributed by atoms with Crippen LogP contribution in [0.15, 0.2) is 29.4 Å². The van der Waals surface area contributed by atoms with Gasteiger partial charge >= 0.3 is 0 Å². The number of hydrogen-bond donors (Lipinski definition) is 1. The Balaban J connectivity index is 2.05. The van der Waals surface area contributed by atoms with E-state index in [-0.39, 0.29) is 22.4 Å². The number of hydrogen-bond acceptors (Lipinski definition) is 6. The number of benzene rings is 1. The van der Waals surface area contributed by atoms with Gasteiger partial charge in [-0.15, -0.1) is 5.10 Å². The van der Waals surface area contributed by atoms with E-state index < -0.39 is 10.0 Å². The molecule has 0 saturated carbocycles. The molecule has 0 radical (unpaired) electrons. The first-order chi connectivity index (χ1) is 12.7. The van der Waals surface area contributed by atoms with Crippen LogP contribution in [0.2, 0.25) is 0 Å². The highest BCUT2D eigenvalue weighted by Gasteiger charge is 2.25. The Labute approximate surface area is 157 Å². The van der Waals surface area contributed by atoms with Crippen LogP contribution in [0.4, 0.5) is 5.69 Å². The molecule has 2 aromatic heterocycles. The van der Waals surface area contributed by atoms with Crippen molar-refractivity contribution in [2.75, 3.05) is 4.72 Å². The Kier molecular flexibility index (Phi) is 4.97. The maximum Gasteiger partial charge on any atom is 0.299 e. The van der Waals surface area contributed by atoms with Crippen molar-refractivity contribution >= 4 is 27.3 Å². The molecule has 0 spiro atoms. The predicted molar refractivity (Wildman–Crippen MR) is 101 cm³/mol. The minimum atomic E-state index is -4.08. The van der Waals surface area contributed by atoms with Crippen molar-refractivity contribution in [3.63, 3.8) is 0 Å². The van der Waals surface area contributed by atoms with Crippen LogP contribution in [-0.4, -0.2) is 33.8 Å². The molecule has 3 rings (SSSR count). The Bertz CT molecular complexity index is 1140. The maximum absolute atomic E-state index is 12.9. The number of carbonyl (C=O) groups is 1. The molecule has 2 heterocycles. The molecule has 27 heavy (non-hydrogen) atoms. The molecule has 0 amide bonds. The molecule has 0 unspecified atom stereocenters. The van der Waals surface area contributed by atoms with E-state index in [1.807, 2.05) is 6.92 Å². The molecule has 0 saturated heterocycles. The van der Waals surface area contributed by atoms with Crippen molar-refractivity contribution in [2.45, 2.75) is 45.7 Å². The Hall–Kier alpha value is -2.81. The van der Waals surface area contributed by atoms with E-state index in [1.165, 1.54) is 4.52 Å². The standard InChI is InChI=1S/C18H21N5O3S/c1-5-7-15(24)14-9-6-8-11(2)16(14)22-27(25,26)18-20-17-19-12(3)10-13(4)23(17)21-18/h6,8-10,22H,5,7H2,1-4H3. The number of nitrogens with zero attached hydrogens (tertiary/aromatic N) is 4. The SMILES string of the molecule is CCCC(=O)c1cccc(C)c1NS(=O)(=O)c1nc2nc(C)cc(C)n2n1. The van der Waals surface area contributed by atoms with Crippen LogP contribution in [0.25, 0.3) is 5.78 Å². The van der Waals surface area contributed by atoms with Gasteiger partial charge in [0.25, 0.3) is 21.0 Å². The summed E-state index contributed by atoms with van der Waals surface area (Å²) in [6, 6.07) is 6.88. The maximum atomic E-state index is 12.9. The lowest BCUT2D eigenvalue weighted by molar-refractivity contribution is 0.0982. The van der Waals surface area contributed by atoms with Gasteiger partial charge in [-0.1, -0.05) is 19.1 Å². The summed E-state index contributed by atoms with van der Waals surface area (Å²) in [5.74, 6) is 0.0925. The highest BCUT2D eigenvalue weighted by molar-refractivity contribution is 7.92. The van der Waals surface area contributed by atoms with Gasteiger partial charge in [-0.3, -0.25) is 9.52 Å². The zero-order valence-corrected chi connectivity index (χ0v) is 16.5. The molecule has 0 aliphatic rings. The topological polar surface area (TPSA) is 106 Å². The molecule has 0 fully saturated rings. The van der Waals surface area contributed by atoms with Crippen molar-refractivity contribution in [3.05, 3.63) is 46.8 Å². The van der Waals surface area contributed by atoms with Crippen LogP contribution in [0.5, 0.6) is 0 Å². The monoisotopic (exact) mass is 387 g/mol. The van der Waals surface area contributed by atoms with Gasteiger partial charge in [-0.2, -0.15) is 13.4 Å². The van der Waals surface area contributed by atoms with Crippen molar-refractivity contribution in [1.82, 2.24) is 19.6 Å².